The fourth-order valence-corrected chi connectivity index (χ4v) is 1.14. The van der Waals surface area contributed by atoms with Crippen molar-refractivity contribution in [3.05, 3.63) is 0 Å². The van der Waals surface area contributed by atoms with Crippen LogP contribution < -0.4 is 5.73 Å². The molecule has 8 heavy (non-hydrogen) atoms. The van der Waals surface area contributed by atoms with Crippen molar-refractivity contribution in [3.63, 3.8) is 0 Å². The highest BCUT2D eigenvalue weighted by molar-refractivity contribution is 7.80. The highest BCUT2D eigenvalue weighted by Crippen LogP contribution is 1.96. The first-order valence-electron chi connectivity index (χ1n) is 2.78. The molecule has 0 saturated heterocycles. The molecule has 0 amide bonds. The van der Waals surface area contributed by atoms with Crippen molar-refractivity contribution in [1.29, 1.82) is 0 Å². The Bertz CT molecular complexity index is 43.7. The Kier molecular flexibility index (Phi) is 6.27. The van der Waals surface area contributed by atoms with Gasteiger partial charge in [0, 0.05) is 6.04 Å². The van der Waals surface area contributed by atoms with Crippen LogP contribution in [0.15, 0.2) is 0 Å². The Morgan fingerprint density at radius 3 is 1.75 bits per heavy atom. The summed E-state index contributed by atoms with van der Waals surface area (Å²) in [5.41, 5.74) is 5.60. The molecule has 2 N–H and O–H groups in total. The third-order valence-corrected chi connectivity index (χ3v) is 1.52. The molecular weight excluding hydrogens is 138 g/mol. The van der Waals surface area contributed by atoms with Gasteiger partial charge in [0.25, 0.3) is 0 Å². The van der Waals surface area contributed by atoms with Crippen molar-refractivity contribution in [2.24, 2.45) is 5.73 Å². The SMILES string of the molecule is NC(CCS)CCS. The van der Waals surface area contributed by atoms with Crippen molar-refractivity contribution >= 4 is 25.3 Å². The molecule has 1 nitrogen and oxygen atoms in total. The molecule has 0 atom stereocenters. The van der Waals surface area contributed by atoms with Crippen LogP contribution >= 0.6 is 25.3 Å². The summed E-state index contributed by atoms with van der Waals surface area (Å²) in [4.78, 5) is 0. The molecule has 0 unspecified atom stereocenters. The monoisotopic (exact) mass is 151 g/mol. The molecule has 0 aliphatic carbocycles. The fourth-order valence-electron chi connectivity index (χ4n) is 0.476. The average Bonchev–Trinajstić information content (AvgIpc) is 1.68. The van der Waals surface area contributed by atoms with Gasteiger partial charge in [0.1, 0.15) is 0 Å². The lowest BCUT2D eigenvalue weighted by Gasteiger charge is -2.05. The van der Waals surface area contributed by atoms with Gasteiger partial charge < -0.3 is 5.73 Å². The van der Waals surface area contributed by atoms with E-state index in [2.05, 4.69) is 25.3 Å². The van der Waals surface area contributed by atoms with Gasteiger partial charge in [0.05, 0.1) is 0 Å². The molecule has 0 spiro atoms. The minimum absolute atomic E-state index is 0.310. The van der Waals surface area contributed by atoms with E-state index in [-0.39, 0.29) is 0 Å². The zero-order chi connectivity index (χ0) is 6.41. The summed E-state index contributed by atoms with van der Waals surface area (Å²) < 4.78 is 0. The maximum atomic E-state index is 5.60. The Morgan fingerprint density at radius 1 is 1.12 bits per heavy atom. The molecule has 0 aromatic heterocycles. The van der Waals surface area contributed by atoms with Gasteiger partial charge in [0.15, 0.2) is 0 Å². The lowest BCUT2D eigenvalue weighted by atomic mass is 10.2. The van der Waals surface area contributed by atoms with Crippen molar-refractivity contribution in [3.8, 4) is 0 Å². The second-order valence-electron chi connectivity index (χ2n) is 1.78. The van der Waals surface area contributed by atoms with E-state index in [1.54, 1.807) is 0 Å². The van der Waals surface area contributed by atoms with E-state index in [9.17, 15) is 0 Å². The Labute approximate surface area is 61.8 Å². The molecule has 0 aromatic carbocycles. The van der Waals surface area contributed by atoms with Crippen LogP contribution in [0.5, 0.6) is 0 Å². The third-order valence-electron chi connectivity index (χ3n) is 1.000. The van der Waals surface area contributed by atoms with E-state index in [1.165, 1.54) is 0 Å². The smallest absolute Gasteiger partial charge is 0.00543 e. The van der Waals surface area contributed by atoms with Crippen LogP contribution in [-0.2, 0) is 0 Å². The zero-order valence-electron chi connectivity index (χ0n) is 4.88. The molecular formula is C5H13NS2. The Balaban J connectivity index is 2.92. The molecule has 50 valence electrons. The highest BCUT2D eigenvalue weighted by Gasteiger charge is 1.96. The van der Waals surface area contributed by atoms with Crippen molar-refractivity contribution in [1.82, 2.24) is 0 Å². The number of nitrogens with two attached hydrogens (primary N) is 1. The molecule has 0 aromatic rings. The van der Waals surface area contributed by atoms with Gasteiger partial charge in [-0.15, -0.1) is 0 Å². The van der Waals surface area contributed by atoms with E-state index in [1.807, 2.05) is 0 Å². The number of hydrogen-bond donors (Lipinski definition) is 3. The van der Waals surface area contributed by atoms with Gasteiger partial charge in [-0.2, -0.15) is 25.3 Å². The van der Waals surface area contributed by atoms with E-state index in [0.717, 1.165) is 24.3 Å². The maximum absolute atomic E-state index is 5.60. The first-order chi connectivity index (χ1) is 3.81. The van der Waals surface area contributed by atoms with E-state index < -0.39 is 0 Å². The second-order valence-corrected chi connectivity index (χ2v) is 2.68. The highest BCUT2D eigenvalue weighted by atomic mass is 32.1. The molecule has 0 radical (unpaired) electrons. The van der Waals surface area contributed by atoms with Gasteiger partial charge in [-0.3, -0.25) is 0 Å². The van der Waals surface area contributed by atoms with E-state index >= 15 is 0 Å². The quantitative estimate of drug-likeness (QED) is 0.513. The molecule has 0 aliphatic heterocycles. The first-order valence-corrected chi connectivity index (χ1v) is 4.05. The summed E-state index contributed by atoms with van der Waals surface area (Å²) in [7, 11) is 0. The Hall–Kier alpha value is 0.660. The minimum Gasteiger partial charge on any atom is -0.328 e. The summed E-state index contributed by atoms with van der Waals surface area (Å²) in [6.45, 7) is 0. The van der Waals surface area contributed by atoms with Crippen LogP contribution in [0.25, 0.3) is 0 Å². The summed E-state index contributed by atoms with van der Waals surface area (Å²) in [5.74, 6) is 1.77. The first kappa shape index (κ1) is 8.66. The summed E-state index contributed by atoms with van der Waals surface area (Å²) >= 11 is 8.10. The van der Waals surface area contributed by atoms with Crippen LogP contribution in [0.4, 0.5) is 0 Å². The number of hydrogen-bond acceptors (Lipinski definition) is 3. The van der Waals surface area contributed by atoms with Crippen LogP contribution in [0, 0.1) is 0 Å². The van der Waals surface area contributed by atoms with Crippen LogP contribution in [-0.4, -0.2) is 17.5 Å². The summed E-state index contributed by atoms with van der Waals surface area (Å²) in [6, 6.07) is 0.310. The van der Waals surface area contributed by atoms with Crippen LogP contribution in [0.1, 0.15) is 12.8 Å². The predicted molar refractivity (Wildman–Crippen MR) is 44.9 cm³/mol. The molecule has 0 bridgehead atoms. The molecule has 0 fully saturated rings. The third kappa shape index (κ3) is 4.81. The van der Waals surface area contributed by atoms with Crippen molar-refractivity contribution < 1.29 is 0 Å². The fraction of sp³-hybridized carbons (Fsp3) is 1.00. The maximum Gasteiger partial charge on any atom is 0.00543 e. The number of rotatable bonds is 4. The zero-order valence-corrected chi connectivity index (χ0v) is 6.67. The lowest BCUT2D eigenvalue weighted by Crippen LogP contribution is -2.20. The number of thiol groups is 2. The van der Waals surface area contributed by atoms with E-state index in [4.69, 9.17) is 5.73 Å². The normalized spacial score (nSPS) is 10.5. The average molecular weight is 151 g/mol. The summed E-state index contributed by atoms with van der Waals surface area (Å²) in [6.07, 6.45) is 2.01. The predicted octanol–water partition coefficient (Wildman–Crippen LogP) is 0.953. The topological polar surface area (TPSA) is 26.0 Å². The standard InChI is InChI=1S/C5H13NS2/c6-5(1-3-7)2-4-8/h5,7-8H,1-4,6H2. The van der Waals surface area contributed by atoms with Crippen molar-refractivity contribution in [2.75, 3.05) is 11.5 Å². The van der Waals surface area contributed by atoms with Gasteiger partial charge in [-0.1, -0.05) is 0 Å². The van der Waals surface area contributed by atoms with Gasteiger partial charge in [-0.25, -0.2) is 0 Å². The molecule has 0 heterocycles. The molecule has 0 rings (SSSR count). The minimum atomic E-state index is 0.310. The Morgan fingerprint density at radius 2 is 1.50 bits per heavy atom. The van der Waals surface area contributed by atoms with Gasteiger partial charge >= 0.3 is 0 Å². The second kappa shape index (κ2) is 5.79. The molecule has 0 saturated carbocycles. The summed E-state index contributed by atoms with van der Waals surface area (Å²) in [5, 5.41) is 0. The van der Waals surface area contributed by atoms with Crippen molar-refractivity contribution in [2.45, 2.75) is 18.9 Å². The van der Waals surface area contributed by atoms with E-state index in [0.29, 0.717) is 6.04 Å². The molecule has 0 aliphatic rings. The largest absolute Gasteiger partial charge is 0.328 e. The van der Waals surface area contributed by atoms with Crippen LogP contribution in [0.3, 0.4) is 0 Å². The molecule has 3 heteroatoms. The lowest BCUT2D eigenvalue weighted by molar-refractivity contribution is 0.641. The van der Waals surface area contributed by atoms with Gasteiger partial charge in [-0.05, 0) is 24.3 Å². The van der Waals surface area contributed by atoms with Gasteiger partial charge in [0.2, 0.25) is 0 Å². The van der Waals surface area contributed by atoms with Crippen LogP contribution in [0.2, 0.25) is 0 Å².